The summed E-state index contributed by atoms with van der Waals surface area (Å²) in [5.41, 5.74) is -3.53. The number of carbonyl (C=O) groups excluding carboxylic acids is 4. The van der Waals surface area contributed by atoms with Gasteiger partial charge in [0.05, 0.1) is 27.7 Å². The predicted molar refractivity (Wildman–Crippen MR) is 133 cm³/mol. The first-order chi connectivity index (χ1) is 16.0. The van der Waals surface area contributed by atoms with Crippen LogP contribution in [0.4, 0.5) is 0 Å². The predicted octanol–water partition coefficient (Wildman–Crippen LogP) is 3.34. The van der Waals surface area contributed by atoms with Gasteiger partial charge in [-0.1, -0.05) is 0 Å². The molecular weight excluding hydrogens is 467 g/mol. The van der Waals surface area contributed by atoms with Gasteiger partial charge in [0.25, 0.3) is 0 Å². The third kappa shape index (κ3) is 8.78. The van der Waals surface area contributed by atoms with E-state index in [1.54, 1.807) is 83.1 Å². The molecule has 0 spiro atoms. The van der Waals surface area contributed by atoms with Crippen molar-refractivity contribution in [2.24, 2.45) is 21.7 Å². The van der Waals surface area contributed by atoms with E-state index in [1.807, 2.05) is 0 Å². The number of ether oxygens (including phenoxy) is 5. The second-order valence-corrected chi connectivity index (χ2v) is 13.3. The molecule has 36 heavy (non-hydrogen) atoms. The lowest BCUT2D eigenvalue weighted by Crippen LogP contribution is -2.63. The Labute approximate surface area is 216 Å². The fraction of sp³-hybridized carbons (Fsp3) is 0.846. The largest absolute Gasteiger partial charge is 0.462 e. The van der Waals surface area contributed by atoms with Crippen LogP contribution in [0.15, 0.2) is 0 Å². The molecule has 1 saturated heterocycles. The van der Waals surface area contributed by atoms with Gasteiger partial charge in [-0.25, -0.2) is 0 Å². The quantitative estimate of drug-likeness (QED) is 0.312. The van der Waals surface area contributed by atoms with Crippen LogP contribution < -0.4 is 0 Å². The van der Waals surface area contributed by atoms with Crippen LogP contribution >= 0.6 is 0 Å². The van der Waals surface area contributed by atoms with Gasteiger partial charge in [0.1, 0.15) is 20.6 Å². The topological polar surface area (TPSA) is 114 Å². The van der Waals surface area contributed by atoms with Gasteiger partial charge >= 0.3 is 23.9 Å². The minimum atomic E-state index is -1.31. The second kappa shape index (κ2) is 11.1. The zero-order valence-corrected chi connectivity index (χ0v) is 23.8. The molecule has 1 heterocycles. The normalized spacial score (nSPS) is 25.5. The standard InChI is InChI=1S/C26H43BO9/c1-23(2,3)19(28)32-13-14-15(34-20(29)24(4,5)6)16(35-21(30)25(7,8)9)17(18(27)33-14)36-22(31)26(10,11)12/h14-18H,13H2,1-12H3/t14?,15-,16?,17?,18+/m1/s1. The van der Waals surface area contributed by atoms with E-state index in [9.17, 15) is 19.2 Å². The summed E-state index contributed by atoms with van der Waals surface area (Å²) < 4.78 is 28.5. The molecule has 0 bridgehead atoms. The summed E-state index contributed by atoms with van der Waals surface area (Å²) in [5.74, 6) is -2.36. The molecule has 2 radical (unpaired) electrons. The molecule has 5 atom stereocenters. The van der Waals surface area contributed by atoms with E-state index in [0.29, 0.717) is 0 Å². The zero-order chi connectivity index (χ0) is 28.4. The van der Waals surface area contributed by atoms with Gasteiger partial charge in [0, 0.05) is 0 Å². The van der Waals surface area contributed by atoms with Gasteiger partial charge in [-0.3, -0.25) is 19.2 Å². The van der Waals surface area contributed by atoms with Crippen LogP contribution in [0, 0.1) is 21.7 Å². The summed E-state index contributed by atoms with van der Waals surface area (Å²) in [7, 11) is 6.24. The van der Waals surface area contributed by atoms with Crippen LogP contribution in [-0.2, 0) is 42.9 Å². The van der Waals surface area contributed by atoms with Crippen molar-refractivity contribution in [3.8, 4) is 0 Å². The summed E-state index contributed by atoms with van der Waals surface area (Å²) in [6.07, 6.45) is -4.94. The highest BCUT2D eigenvalue weighted by Crippen LogP contribution is 2.33. The minimum absolute atomic E-state index is 0.324. The molecule has 0 saturated carbocycles. The average Bonchev–Trinajstić information content (AvgIpc) is 2.67. The molecule has 1 aliphatic heterocycles. The Kier molecular flexibility index (Phi) is 9.86. The smallest absolute Gasteiger partial charge is 0.311 e. The van der Waals surface area contributed by atoms with Gasteiger partial charge < -0.3 is 23.7 Å². The molecular formula is C26H43BO9. The van der Waals surface area contributed by atoms with Crippen LogP contribution in [0.5, 0.6) is 0 Å². The van der Waals surface area contributed by atoms with Crippen molar-refractivity contribution in [3.63, 3.8) is 0 Å². The maximum absolute atomic E-state index is 12.9. The van der Waals surface area contributed by atoms with E-state index in [4.69, 9.17) is 31.5 Å². The Morgan fingerprint density at radius 1 is 0.583 bits per heavy atom. The fourth-order valence-corrected chi connectivity index (χ4v) is 2.76. The van der Waals surface area contributed by atoms with Gasteiger partial charge in [-0.05, 0) is 83.1 Å². The molecule has 0 aromatic rings. The molecule has 0 N–H and O–H groups in total. The van der Waals surface area contributed by atoms with Gasteiger partial charge in [-0.2, -0.15) is 0 Å². The maximum Gasteiger partial charge on any atom is 0.311 e. The summed E-state index contributed by atoms with van der Waals surface area (Å²) in [4.78, 5) is 51.0. The van der Waals surface area contributed by atoms with Gasteiger partial charge in [-0.15, -0.1) is 0 Å². The molecule has 9 nitrogen and oxygen atoms in total. The van der Waals surface area contributed by atoms with Crippen molar-refractivity contribution >= 4 is 31.7 Å². The molecule has 1 fully saturated rings. The fourth-order valence-electron chi connectivity index (χ4n) is 2.76. The second-order valence-electron chi connectivity index (χ2n) is 13.3. The van der Waals surface area contributed by atoms with Crippen molar-refractivity contribution in [2.75, 3.05) is 6.61 Å². The van der Waals surface area contributed by atoms with Crippen LogP contribution in [0.3, 0.4) is 0 Å². The molecule has 0 amide bonds. The molecule has 0 aromatic carbocycles. The molecule has 3 unspecified atom stereocenters. The summed E-state index contributed by atoms with van der Waals surface area (Å²) in [6, 6.07) is -1.25. The highest BCUT2D eigenvalue weighted by Gasteiger charge is 2.52. The van der Waals surface area contributed by atoms with Crippen LogP contribution in [-0.4, -0.2) is 68.7 Å². The van der Waals surface area contributed by atoms with E-state index in [0.717, 1.165) is 0 Å². The van der Waals surface area contributed by atoms with Crippen LogP contribution in [0.2, 0.25) is 0 Å². The van der Waals surface area contributed by atoms with Crippen LogP contribution in [0.1, 0.15) is 83.1 Å². The maximum atomic E-state index is 12.9. The third-order valence-corrected chi connectivity index (χ3v) is 5.23. The Morgan fingerprint density at radius 3 is 1.28 bits per heavy atom. The average molecular weight is 510 g/mol. The Bertz CT molecular complexity index is 824. The number of hydrogen-bond donors (Lipinski definition) is 0. The van der Waals surface area contributed by atoms with E-state index < -0.39 is 76.0 Å². The molecule has 0 aliphatic carbocycles. The number of carbonyl (C=O) groups is 4. The summed E-state index contributed by atoms with van der Waals surface area (Å²) in [5, 5.41) is 0. The van der Waals surface area contributed by atoms with E-state index in [1.165, 1.54) is 0 Å². The number of rotatable bonds is 5. The molecule has 204 valence electrons. The highest BCUT2D eigenvalue weighted by molar-refractivity contribution is 6.11. The van der Waals surface area contributed by atoms with Crippen molar-refractivity contribution in [3.05, 3.63) is 0 Å². The van der Waals surface area contributed by atoms with E-state index >= 15 is 0 Å². The lowest BCUT2D eigenvalue weighted by molar-refractivity contribution is -0.247. The van der Waals surface area contributed by atoms with E-state index in [-0.39, 0.29) is 6.61 Å². The first-order valence-corrected chi connectivity index (χ1v) is 12.2. The lowest BCUT2D eigenvalue weighted by atomic mass is 9.83. The molecule has 1 rings (SSSR count). The molecule has 0 aromatic heterocycles. The highest BCUT2D eigenvalue weighted by atomic mass is 16.7. The third-order valence-electron chi connectivity index (χ3n) is 5.23. The van der Waals surface area contributed by atoms with Crippen LogP contribution in [0.25, 0.3) is 0 Å². The SMILES string of the molecule is [B][C@H]1OC(COC(=O)C(C)(C)C)[C@@H](OC(=O)C(C)(C)C)C(OC(=O)C(C)(C)C)C1OC(=O)C(C)(C)C. The van der Waals surface area contributed by atoms with Crippen molar-refractivity contribution in [1.29, 1.82) is 0 Å². The van der Waals surface area contributed by atoms with Gasteiger partial charge in [0.15, 0.2) is 18.3 Å². The van der Waals surface area contributed by atoms with Crippen molar-refractivity contribution < 1.29 is 42.9 Å². The summed E-state index contributed by atoms with van der Waals surface area (Å²) in [6.45, 7) is 19.7. The first kappa shape index (κ1) is 31.9. The zero-order valence-electron chi connectivity index (χ0n) is 23.8. The minimum Gasteiger partial charge on any atom is -0.462 e. The number of esters is 4. The Morgan fingerprint density at radius 2 is 0.917 bits per heavy atom. The molecule has 10 heteroatoms. The lowest BCUT2D eigenvalue weighted by Gasteiger charge is -2.45. The number of hydrogen-bond acceptors (Lipinski definition) is 9. The monoisotopic (exact) mass is 510 g/mol. The summed E-state index contributed by atoms with van der Waals surface area (Å²) >= 11 is 0. The Balaban J connectivity index is 3.50. The van der Waals surface area contributed by atoms with E-state index in [2.05, 4.69) is 0 Å². The Hall–Kier alpha value is -2.10. The van der Waals surface area contributed by atoms with Crippen molar-refractivity contribution in [2.45, 2.75) is 114 Å². The molecule has 1 aliphatic rings. The van der Waals surface area contributed by atoms with Crippen molar-refractivity contribution in [1.82, 2.24) is 0 Å². The van der Waals surface area contributed by atoms with Gasteiger partial charge in [0.2, 0.25) is 0 Å². The first-order valence-electron chi connectivity index (χ1n) is 12.2.